The Bertz CT molecular complexity index is 1470. The highest BCUT2D eigenvalue weighted by atomic mass is 32.1. The van der Waals surface area contributed by atoms with Gasteiger partial charge in [0.05, 0.1) is 17.8 Å². The van der Waals surface area contributed by atoms with Gasteiger partial charge in [0.25, 0.3) is 0 Å². The van der Waals surface area contributed by atoms with Gasteiger partial charge in [-0.1, -0.05) is 13.0 Å². The van der Waals surface area contributed by atoms with Crippen LogP contribution in [-0.2, 0) is 11.3 Å². The normalized spacial score (nSPS) is 16.9. The van der Waals surface area contributed by atoms with Gasteiger partial charge in [-0.25, -0.2) is 0 Å². The molecule has 4 heterocycles. The van der Waals surface area contributed by atoms with Crippen LogP contribution in [0.25, 0.3) is 0 Å². The zero-order chi connectivity index (χ0) is 26.8. The number of hydrogen-bond donors (Lipinski definition) is 2. The second-order valence-corrected chi connectivity index (χ2v) is 10.1. The number of aromatic nitrogens is 3. The Kier molecular flexibility index (Phi) is 7.24. The molecule has 0 unspecified atom stereocenters. The molecular weight excluding hydrogens is 492 g/mol. The molecule has 1 aromatic carbocycles. The number of benzene rings is 1. The predicted octanol–water partition coefficient (Wildman–Crippen LogP) is 5.78. The van der Waals surface area contributed by atoms with Crippen molar-refractivity contribution in [3.05, 3.63) is 107 Å². The molecule has 38 heavy (non-hydrogen) atoms. The first-order valence-corrected chi connectivity index (χ1v) is 13.2. The molecule has 0 bridgehead atoms. The number of hydrogen-bond acceptors (Lipinski definition) is 4. The number of aryl methyl sites for hydroxylation is 2. The highest BCUT2D eigenvalue weighted by molar-refractivity contribution is 7.80. The molecule has 1 aliphatic heterocycles. The van der Waals surface area contributed by atoms with Crippen molar-refractivity contribution in [2.75, 3.05) is 10.2 Å². The average Bonchev–Trinajstić information content (AvgIpc) is 3.41. The lowest BCUT2D eigenvalue weighted by Crippen LogP contribution is -2.29. The van der Waals surface area contributed by atoms with Crippen LogP contribution >= 0.6 is 12.2 Å². The number of nitrogens with zero attached hydrogens (tertiary/aromatic N) is 4. The summed E-state index contributed by atoms with van der Waals surface area (Å²) in [5.74, 6) is -0.00561. The molecule has 194 valence electrons. The van der Waals surface area contributed by atoms with E-state index >= 15 is 0 Å². The lowest BCUT2D eigenvalue weighted by molar-refractivity contribution is -0.115. The highest BCUT2D eigenvalue weighted by Gasteiger charge is 2.42. The predicted molar refractivity (Wildman–Crippen MR) is 155 cm³/mol. The minimum absolute atomic E-state index is 0.00561. The molecule has 0 radical (unpaired) electrons. The van der Waals surface area contributed by atoms with Crippen LogP contribution in [0, 0.1) is 20.8 Å². The van der Waals surface area contributed by atoms with Gasteiger partial charge in [0.15, 0.2) is 5.11 Å². The molecule has 0 saturated carbocycles. The van der Waals surface area contributed by atoms with Gasteiger partial charge in [0, 0.05) is 54.3 Å². The lowest BCUT2D eigenvalue weighted by atomic mass is 9.96. The van der Waals surface area contributed by atoms with Gasteiger partial charge in [-0.05, 0) is 98.2 Å². The van der Waals surface area contributed by atoms with Crippen molar-refractivity contribution >= 4 is 34.6 Å². The Hall–Kier alpha value is -4.04. The summed E-state index contributed by atoms with van der Waals surface area (Å²) in [4.78, 5) is 23.0. The number of anilines is 2. The van der Waals surface area contributed by atoms with E-state index in [0.717, 1.165) is 29.2 Å². The highest BCUT2D eigenvalue weighted by Crippen LogP contribution is 2.44. The van der Waals surface area contributed by atoms with Gasteiger partial charge >= 0.3 is 0 Å². The first kappa shape index (κ1) is 25.6. The SMILES string of the molecule is CCC(=O)Nc1ccc(N2C(=S)N[C@H](c3ccccn3)[C@@H]2c2cc(C)n(Cc3ccncc3)c2C)cc1C. The second-order valence-electron chi connectivity index (χ2n) is 9.67. The van der Waals surface area contributed by atoms with Crippen LogP contribution in [0.1, 0.15) is 59.2 Å². The molecule has 1 amide bonds. The van der Waals surface area contributed by atoms with Gasteiger partial charge in [-0.15, -0.1) is 0 Å². The van der Waals surface area contributed by atoms with E-state index in [1.165, 1.54) is 22.5 Å². The minimum atomic E-state index is -0.127. The summed E-state index contributed by atoms with van der Waals surface area (Å²) < 4.78 is 2.34. The van der Waals surface area contributed by atoms with Crippen molar-refractivity contribution in [2.45, 2.75) is 52.7 Å². The van der Waals surface area contributed by atoms with Crippen molar-refractivity contribution in [3.63, 3.8) is 0 Å². The van der Waals surface area contributed by atoms with E-state index in [0.29, 0.717) is 11.5 Å². The first-order chi connectivity index (χ1) is 18.4. The van der Waals surface area contributed by atoms with Crippen LogP contribution in [-0.4, -0.2) is 25.6 Å². The fourth-order valence-electron chi connectivity index (χ4n) is 5.17. The third-order valence-corrected chi connectivity index (χ3v) is 7.52. The van der Waals surface area contributed by atoms with Crippen LogP contribution < -0.4 is 15.5 Å². The van der Waals surface area contributed by atoms with E-state index in [9.17, 15) is 4.79 Å². The van der Waals surface area contributed by atoms with E-state index in [-0.39, 0.29) is 18.0 Å². The molecule has 0 aliphatic carbocycles. The van der Waals surface area contributed by atoms with Crippen LogP contribution in [0.2, 0.25) is 0 Å². The molecule has 3 aromatic heterocycles. The molecule has 0 spiro atoms. The number of amides is 1. The Morgan fingerprint density at radius 1 is 1.05 bits per heavy atom. The lowest BCUT2D eigenvalue weighted by Gasteiger charge is -2.29. The maximum atomic E-state index is 12.0. The maximum Gasteiger partial charge on any atom is 0.224 e. The Morgan fingerprint density at radius 3 is 2.53 bits per heavy atom. The van der Waals surface area contributed by atoms with Crippen LogP contribution in [0.3, 0.4) is 0 Å². The monoisotopic (exact) mass is 524 g/mol. The molecule has 8 heteroatoms. The molecule has 1 saturated heterocycles. The maximum absolute atomic E-state index is 12.0. The van der Waals surface area contributed by atoms with Gasteiger partial charge in [0.2, 0.25) is 5.91 Å². The molecule has 2 N–H and O–H groups in total. The van der Waals surface area contributed by atoms with E-state index in [1.54, 1.807) is 0 Å². The standard InChI is InChI=1S/C30H32N6OS/c1-5-27(37)33-25-10-9-23(16-19(25)2)36-29(28(34-30(36)38)26-8-6-7-13-32-26)24-17-20(3)35(21(24)4)18-22-11-14-31-15-12-22/h6-17,28-29H,5,18H2,1-4H3,(H,33,37)(H,34,38)/t28-,29+/m1/s1. The molecule has 1 aliphatic rings. The summed E-state index contributed by atoms with van der Waals surface area (Å²) in [6.07, 6.45) is 5.92. The average molecular weight is 525 g/mol. The summed E-state index contributed by atoms with van der Waals surface area (Å²) in [5, 5.41) is 7.19. The van der Waals surface area contributed by atoms with E-state index in [1.807, 2.05) is 62.8 Å². The third kappa shape index (κ3) is 4.91. The summed E-state index contributed by atoms with van der Waals surface area (Å²) >= 11 is 5.93. The molecule has 1 fully saturated rings. The Labute approximate surface area is 228 Å². The number of nitrogens with one attached hydrogen (secondary N) is 2. The van der Waals surface area contributed by atoms with Crippen molar-refractivity contribution in [1.82, 2.24) is 19.9 Å². The fourth-order valence-corrected chi connectivity index (χ4v) is 5.51. The van der Waals surface area contributed by atoms with Crippen LogP contribution in [0.15, 0.2) is 73.2 Å². The van der Waals surface area contributed by atoms with Crippen molar-refractivity contribution in [3.8, 4) is 0 Å². The largest absolute Gasteiger partial charge is 0.351 e. The number of thiocarbonyl (C=S) groups is 1. The Morgan fingerprint density at radius 2 is 1.84 bits per heavy atom. The van der Waals surface area contributed by atoms with Crippen molar-refractivity contribution in [1.29, 1.82) is 0 Å². The summed E-state index contributed by atoms with van der Waals surface area (Å²) in [5.41, 5.74) is 8.46. The zero-order valence-corrected chi connectivity index (χ0v) is 22.9. The molecule has 7 nitrogen and oxygen atoms in total. The summed E-state index contributed by atoms with van der Waals surface area (Å²) in [6, 6.07) is 18.2. The summed E-state index contributed by atoms with van der Waals surface area (Å²) in [7, 11) is 0. The number of pyridine rings is 2. The van der Waals surface area contributed by atoms with Crippen LogP contribution in [0.5, 0.6) is 0 Å². The van der Waals surface area contributed by atoms with Gasteiger partial charge < -0.3 is 20.1 Å². The Balaban J connectivity index is 1.59. The van der Waals surface area contributed by atoms with Crippen molar-refractivity contribution in [2.24, 2.45) is 0 Å². The van der Waals surface area contributed by atoms with E-state index < -0.39 is 0 Å². The second kappa shape index (κ2) is 10.8. The van der Waals surface area contributed by atoms with Gasteiger partial charge in [-0.3, -0.25) is 14.8 Å². The third-order valence-electron chi connectivity index (χ3n) is 7.20. The molecule has 5 rings (SSSR count). The fraction of sp³-hybridized carbons (Fsp3) is 0.267. The number of carbonyl (C=O) groups is 1. The quantitative estimate of drug-likeness (QED) is 0.299. The smallest absolute Gasteiger partial charge is 0.224 e. The van der Waals surface area contributed by atoms with E-state index in [2.05, 4.69) is 68.2 Å². The molecule has 4 aromatic rings. The van der Waals surface area contributed by atoms with Gasteiger partial charge in [-0.2, -0.15) is 0 Å². The zero-order valence-electron chi connectivity index (χ0n) is 22.1. The minimum Gasteiger partial charge on any atom is -0.351 e. The van der Waals surface area contributed by atoms with Gasteiger partial charge in [0.1, 0.15) is 0 Å². The molecule has 2 atom stereocenters. The van der Waals surface area contributed by atoms with Crippen LogP contribution in [0.4, 0.5) is 11.4 Å². The summed E-state index contributed by atoms with van der Waals surface area (Å²) in [6.45, 7) is 8.94. The number of rotatable bonds is 7. The van der Waals surface area contributed by atoms with E-state index in [4.69, 9.17) is 12.2 Å². The first-order valence-electron chi connectivity index (χ1n) is 12.8. The number of carbonyl (C=O) groups excluding carboxylic acids is 1. The van der Waals surface area contributed by atoms with Crippen molar-refractivity contribution < 1.29 is 4.79 Å². The molecular formula is C30H32N6OS. The topological polar surface area (TPSA) is 75.1 Å².